The maximum atomic E-state index is 11.8. The molecule has 0 radical (unpaired) electrons. The molecule has 1 aliphatic carbocycles. The van der Waals surface area contributed by atoms with Crippen molar-refractivity contribution in [1.82, 2.24) is 15.4 Å². The minimum Gasteiger partial charge on any atom is -0.355 e. The van der Waals surface area contributed by atoms with Crippen LogP contribution in [-0.2, 0) is 10.0 Å². The zero-order chi connectivity index (χ0) is 13.7. The van der Waals surface area contributed by atoms with Gasteiger partial charge in [0.15, 0.2) is 5.96 Å². The first-order chi connectivity index (χ1) is 9.12. The molecule has 0 bridgehead atoms. The molecule has 6 nitrogen and oxygen atoms in total. The summed E-state index contributed by atoms with van der Waals surface area (Å²) in [6.45, 7) is 0.822. The van der Waals surface area contributed by atoms with Crippen molar-refractivity contribution < 1.29 is 8.42 Å². The summed E-state index contributed by atoms with van der Waals surface area (Å²) in [5.74, 6) is 0.720. The third-order valence-corrected chi connectivity index (χ3v) is 5.47. The summed E-state index contributed by atoms with van der Waals surface area (Å²) in [6, 6.07) is 3.83. The second kappa shape index (κ2) is 6.36. The van der Waals surface area contributed by atoms with Gasteiger partial charge in [0, 0.05) is 26.2 Å². The largest absolute Gasteiger partial charge is 0.355 e. The van der Waals surface area contributed by atoms with Gasteiger partial charge in [0.25, 0.3) is 0 Å². The zero-order valence-electron chi connectivity index (χ0n) is 10.7. The number of sulfonamides is 1. The molecule has 0 unspecified atom stereocenters. The van der Waals surface area contributed by atoms with Crippen LogP contribution in [0.15, 0.2) is 26.7 Å². The van der Waals surface area contributed by atoms with Gasteiger partial charge in [-0.2, -0.15) is 0 Å². The van der Waals surface area contributed by atoms with Crippen molar-refractivity contribution in [2.45, 2.75) is 23.1 Å². The molecule has 1 aromatic heterocycles. The second-order valence-corrected chi connectivity index (χ2v) is 7.19. The fraction of sp³-hybridized carbons (Fsp3) is 0.545. The third-order valence-electron chi connectivity index (χ3n) is 2.61. The summed E-state index contributed by atoms with van der Waals surface area (Å²) in [5, 5.41) is 8.05. The van der Waals surface area contributed by atoms with Crippen LogP contribution in [0.25, 0.3) is 0 Å². The molecular weight excluding hydrogens is 284 g/mol. The van der Waals surface area contributed by atoms with Gasteiger partial charge in [-0.1, -0.05) is 6.07 Å². The number of rotatable bonds is 6. The lowest BCUT2D eigenvalue weighted by Gasteiger charge is -2.11. The van der Waals surface area contributed by atoms with E-state index in [0.717, 1.165) is 5.96 Å². The Morgan fingerprint density at radius 1 is 1.47 bits per heavy atom. The summed E-state index contributed by atoms with van der Waals surface area (Å²) in [6.07, 6.45) is 2.34. The number of nitrogens with one attached hydrogen (secondary N) is 3. The van der Waals surface area contributed by atoms with Crippen LogP contribution in [0.3, 0.4) is 0 Å². The van der Waals surface area contributed by atoms with Crippen molar-refractivity contribution in [2.75, 3.05) is 20.1 Å². The van der Waals surface area contributed by atoms with E-state index >= 15 is 0 Å². The van der Waals surface area contributed by atoms with E-state index in [-0.39, 0.29) is 0 Å². The van der Waals surface area contributed by atoms with E-state index in [0.29, 0.717) is 23.3 Å². The number of thiophene rings is 1. The summed E-state index contributed by atoms with van der Waals surface area (Å²) < 4.78 is 26.5. The van der Waals surface area contributed by atoms with Gasteiger partial charge in [-0.05, 0) is 24.3 Å². The molecule has 0 aromatic carbocycles. The maximum absolute atomic E-state index is 11.8. The summed E-state index contributed by atoms with van der Waals surface area (Å²) in [4.78, 5) is 4.07. The Kier molecular flexibility index (Phi) is 4.78. The highest BCUT2D eigenvalue weighted by molar-refractivity contribution is 7.91. The first-order valence-corrected chi connectivity index (χ1v) is 8.48. The van der Waals surface area contributed by atoms with Crippen molar-refractivity contribution in [2.24, 2.45) is 4.99 Å². The van der Waals surface area contributed by atoms with Gasteiger partial charge >= 0.3 is 0 Å². The quantitative estimate of drug-likeness (QED) is 0.402. The average Bonchev–Trinajstić information content (AvgIpc) is 3.02. The van der Waals surface area contributed by atoms with Gasteiger partial charge < -0.3 is 10.6 Å². The van der Waals surface area contributed by atoms with Crippen molar-refractivity contribution in [1.29, 1.82) is 0 Å². The van der Waals surface area contributed by atoms with Gasteiger partial charge in [-0.15, -0.1) is 11.3 Å². The predicted octanol–water partition coefficient (Wildman–Crippen LogP) is 0.354. The highest BCUT2D eigenvalue weighted by atomic mass is 32.2. The number of aliphatic imine (C=N–C) groups is 1. The molecule has 106 valence electrons. The summed E-state index contributed by atoms with van der Waals surface area (Å²) in [5.41, 5.74) is 0. The number of guanidine groups is 1. The number of hydrogen-bond acceptors (Lipinski definition) is 4. The van der Waals surface area contributed by atoms with E-state index in [4.69, 9.17) is 0 Å². The highest BCUT2D eigenvalue weighted by Crippen LogP contribution is 2.18. The molecular formula is C11H18N4O2S2. The SMILES string of the molecule is CN=C(NCCNS(=O)(=O)c1cccs1)NC1CC1. The molecule has 1 aliphatic rings. The molecule has 0 saturated heterocycles. The van der Waals surface area contributed by atoms with Crippen LogP contribution in [-0.4, -0.2) is 40.6 Å². The van der Waals surface area contributed by atoms with Crippen molar-refractivity contribution in [3.8, 4) is 0 Å². The van der Waals surface area contributed by atoms with Gasteiger partial charge in [0.1, 0.15) is 4.21 Å². The molecule has 2 rings (SSSR count). The van der Waals surface area contributed by atoms with Gasteiger partial charge in [-0.25, -0.2) is 13.1 Å². The monoisotopic (exact) mass is 302 g/mol. The van der Waals surface area contributed by atoms with Gasteiger partial charge in [-0.3, -0.25) is 4.99 Å². The Bertz CT molecular complexity index is 521. The van der Waals surface area contributed by atoms with Gasteiger partial charge in [0.05, 0.1) is 0 Å². The highest BCUT2D eigenvalue weighted by Gasteiger charge is 2.22. The fourth-order valence-corrected chi connectivity index (χ4v) is 3.54. The molecule has 1 aromatic rings. The Morgan fingerprint density at radius 3 is 2.84 bits per heavy atom. The topological polar surface area (TPSA) is 82.6 Å². The average molecular weight is 302 g/mol. The fourth-order valence-electron chi connectivity index (χ4n) is 1.47. The molecule has 1 heterocycles. The molecule has 0 atom stereocenters. The van der Waals surface area contributed by atoms with Crippen LogP contribution in [0.2, 0.25) is 0 Å². The smallest absolute Gasteiger partial charge is 0.250 e. The van der Waals surface area contributed by atoms with Crippen LogP contribution >= 0.6 is 11.3 Å². The lowest BCUT2D eigenvalue weighted by atomic mass is 10.6. The lowest BCUT2D eigenvalue weighted by Crippen LogP contribution is -2.42. The normalized spacial score (nSPS) is 16.4. The van der Waals surface area contributed by atoms with Gasteiger partial charge in [0.2, 0.25) is 10.0 Å². The molecule has 19 heavy (non-hydrogen) atoms. The first-order valence-electron chi connectivity index (χ1n) is 6.12. The molecule has 8 heteroatoms. The first kappa shape index (κ1) is 14.3. The van der Waals surface area contributed by atoms with Crippen LogP contribution < -0.4 is 15.4 Å². The number of hydrogen-bond donors (Lipinski definition) is 3. The Balaban J connectivity index is 1.71. The molecule has 1 fully saturated rings. The summed E-state index contributed by atoms with van der Waals surface area (Å²) >= 11 is 1.21. The van der Waals surface area contributed by atoms with E-state index in [2.05, 4.69) is 20.3 Å². The Morgan fingerprint density at radius 2 is 2.26 bits per heavy atom. The van der Waals surface area contributed by atoms with E-state index in [1.807, 2.05) is 0 Å². The second-order valence-electron chi connectivity index (χ2n) is 4.25. The van der Waals surface area contributed by atoms with E-state index in [1.54, 1.807) is 24.6 Å². The predicted molar refractivity (Wildman–Crippen MR) is 77.0 cm³/mol. The molecule has 0 aliphatic heterocycles. The zero-order valence-corrected chi connectivity index (χ0v) is 12.4. The Hall–Kier alpha value is -1.12. The van der Waals surface area contributed by atoms with Crippen LogP contribution in [0.4, 0.5) is 0 Å². The van der Waals surface area contributed by atoms with E-state index < -0.39 is 10.0 Å². The minimum atomic E-state index is -3.36. The number of nitrogens with zero attached hydrogens (tertiary/aromatic N) is 1. The van der Waals surface area contributed by atoms with Crippen LogP contribution in [0.1, 0.15) is 12.8 Å². The Labute approximate surface area is 117 Å². The summed E-state index contributed by atoms with van der Waals surface area (Å²) in [7, 11) is -1.66. The van der Waals surface area contributed by atoms with Crippen LogP contribution in [0.5, 0.6) is 0 Å². The lowest BCUT2D eigenvalue weighted by molar-refractivity contribution is 0.582. The standard InChI is InChI=1S/C11H18N4O2S2/c1-12-11(15-9-4-5-9)13-6-7-14-19(16,17)10-3-2-8-18-10/h2-3,8-9,14H,4-7H2,1H3,(H2,12,13,15). The third kappa shape index (κ3) is 4.48. The molecule has 1 saturated carbocycles. The van der Waals surface area contributed by atoms with Crippen molar-refractivity contribution in [3.63, 3.8) is 0 Å². The van der Waals surface area contributed by atoms with E-state index in [9.17, 15) is 8.42 Å². The molecule has 3 N–H and O–H groups in total. The minimum absolute atomic E-state index is 0.325. The van der Waals surface area contributed by atoms with Crippen LogP contribution in [0, 0.1) is 0 Å². The van der Waals surface area contributed by atoms with Crippen molar-refractivity contribution >= 4 is 27.3 Å². The molecule has 0 amide bonds. The molecule has 0 spiro atoms. The van der Waals surface area contributed by atoms with Crippen molar-refractivity contribution in [3.05, 3.63) is 17.5 Å². The maximum Gasteiger partial charge on any atom is 0.250 e. The van der Waals surface area contributed by atoms with E-state index in [1.165, 1.54) is 24.2 Å².